The van der Waals surface area contributed by atoms with E-state index >= 15 is 0 Å². The molecule has 0 saturated carbocycles. The second-order valence-electron chi connectivity index (χ2n) is 7.68. The monoisotopic (exact) mass is 430 g/mol. The summed E-state index contributed by atoms with van der Waals surface area (Å²) in [6.45, 7) is 1.10. The minimum atomic E-state index is -0.128. The van der Waals surface area contributed by atoms with Gasteiger partial charge in [-0.2, -0.15) is 5.10 Å². The van der Waals surface area contributed by atoms with Gasteiger partial charge >= 0.3 is 0 Å². The maximum Gasteiger partial charge on any atom is 0.246 e. The molecule has 7 heteroatoms. The Morgan fingerprint density at radius 2 is 1.78 bits per heavy atom. The summed E-state index contributed by atoms with van der Waals surface area (Å²) in [7, 11) is 1.58. The van der Waals surface area contributed by atoms with Crippen molar-refractivity contribution in [1.82, 2.24) is 14.7 Å². The number of hydrogen-bond donors (Lipinski definition) is 1. The van der Waals surface area contributed by atoms with Crippen LogP contribution in [0.15, 0.2) is 73.1 Å². The lowest BCUT2D eigenvalue weighted by Crippen LogP contribution is -2.40. The van der Waals surface area contributed by atoms with Crippen molar-refractivity contribution < 1.29 is 14.3 Å². The van der Waals surface area contributed by atoms with Crippen LogP contribution in [0.1, 0.15) is 18.4 Å². The normalized spacial score (nSPS) is 14.5. The molecule has 1 aliphatic heterocycles. The van der Waals surface area contributed by atoms with Gasteiger partial charge in [-0.15, -0.1) is 0 Å². The Balaban J connectivity index is 1.29. The second kappa shape index (κ2) is 9.96. The van der Waals surface area contributed by atoms with E-state index in [1.807, 2.05) is 60.8 Å². The Hall–Kier alpha value is -3.87. The van der Waals surface area contributed by atoms with Crippen LogP contribution in [0.5, 0.6) is 5.75 Å². The van der Waals surface area contributed by atoms with Crippen LogP contribution in [-0.2, 0) is 9.59 Å². The molecular formula is C25H26N4O3. The highest BCUT2D eigenvalue weighted by Crippen LogP contribution is 2.26. The molecule has 2 amide bonds. The predicted molar refractivity (Wildman–Crippen MR) is 124 cm³/mol. The molecule has 1 saturated heterocycles. The number of hydrogen-bond acceptors (Lipinski definition) is 4. The molecule has 0 spiro atoms. The summed E-state index contributed by atoms with van der Waals surface area (Å²) >= 11 is 0. The topological polar surface area (TPSA) is 76.5 Å². The van der Waals surface area contributed by atoms with Gasteiger partial charge in [0.25, 0.3) is 0 Å². The first-order valence-corrected chi connectivity index (χ1v) is 10.6. The van der Waals surface area contributed by atoms with Crippen LogP contribution in [0.3, 0.4) is 0 Å². The third-order valence-electron chi connectivity index (χ3n) is 5.58. The molecule has 0 bridgehead atoms. The smallest absolute Gasteiger partial charge is 0.246 e. The first-order valence-electron chi connectivity index (χ1n) is 10.6. The van der Waals surface area contributed by atoms with Crippen LogP contribution >= 0.6 is 0 Å². The van der Waals surface area contributed by atoms with E-state index in [9.17, 15) is 9.59 Å². The molecular weight excluding hydrogens is 404 g/mol. The molecule has 2 heterocycles. The third-order valence-corrected chi connectivity index (χ3v) is 5.58. The molecule has 2 aromatic carbocycles. The lowest BCUT2D eigenvalue weighted by molar-refractivity contribution is -0.130. The molecule has 0 atom stereocenters. The second-order valence-corrected chi connectivity index (χ2v) is 7.68. The number of methoxy groups -OCH3 is 1. The molecule has 1 aromatic heterocycles. The van der Waals surface area contributed by atoms with Gasteiger partial charge in [-0.05, 0) is 43.2 Å². The number of nitrogens with zero attached hydrogens (tertiary/aromatic N) is 3. The van der Waals surface area contributed by atoms with Gasteiger partial charge in [-0.3, -0.25) is 9.59 Å². The SMILES string of the molecule is COc1ccccc1NC(=O)C1CCN(C(=O)/C=C/c2cnn(-c3ccccc3)c2)CC1. The molecule has 32 heavy (non-hydrogen) atoms. The Morgan fingerprint density at radius 1 is 1.06 bits per heavy atom. The number of aromatic nitrogens is 2. The fourth-order valence-electron chi connectivity index (χ4n) is 3.76. The summed E-state index contributed by atoms with van der Waals surface area (Å²) in [5.41, 5.74) is 2.48. The highest BCUT2D eigenvalue weighted by molar-refractivity contribution is 5.95. The highest BCUT2D eigenvalue weighted by atomic mass is 16.5. The number of likely N-dealkylation sites (tertiary alicyclic amines) is 1. The first kappa shape index (κ1) is 21.4. The largest absolute Gasteiger partial charge is 0.495 e. The van der Waals surface area contributed by atoms with Crippen LogP contribution in [0.4, 0.5) is 5.69 Å². The average Bonchev–Trinajstić information content (AvgIpc) is 3.32. The molecule has 4 rings (SSSR count). The van der Waals surface area contributed by atoms with Gasteiger partial charge in [-0.25, -0.2) is 4.68 Å². The number of nitrogens with one attached hydrogen (secondary N) is 1. The van der Waals surface area contributed by atoms with Gasteiger partial charge in [0.1, 0.15) is 5.75 Å². The quantitative estimate of drug-likeness (QED) is 0.604. The number of ether oxygens (including phenoxy) is 1. The summed E-state index contributed by atoms with van der Waals surface area (Å²) in [5, 5.41) is 7.29. The molecule has 3 aromatic rings. The summed E-state index contributed by atoms with van der Waals surface area (Å²) in [6.07, 6.45) is 8.22. The van der Waals surface area contributed by atoms with Gasteiger partial charge in [0.15, 0.2) is 0 Å². The minimum absolute atomic E-state index is 0.0366. The molecule has 7 nitrogen and oxygen atoms in total. The standard InChI is InChI=1S/C25H26N4O3/c1-32-23-10-6-5-9-22(23)27-25(31)20-13-15-28(16-14-20)24(30)12-11-19-17-26-29(18-19)21-7-3-2-4-8-21/h2-12,17-18,20H,13-16H2,1H3,(H,27,31)/b12-11+. The van der Waals surface area contributed by atoms with Crippen molar-refractivity contribution in [3.05, 3.63) is 78.6 Å². The molecule has 0 unspecified atom stereocenters. The van der Waals surface area contributed by atoms with E-state index in [2.05, 4.69) is 10.4 Å². The lowest BCUT2D eigenvalue weighted by atomic mass is 9.95. The summed E-state index contributed by atoms with van der Waals surface area (Å²) in [6, 6.07) is 17.2. The summed E-state index contributed by atoms with van der Waals surface area (Å²) in [4.78, 5) is 27.0. The van der Waals surface area contributed by atoms with Gasteiger partial charge in [-0.1, -0.05) is 30.3 Å². The Kier molecular flexibility index (Phi) is 6.65. The fraction of sp³-hybridized carbons (Fsp3) is 0.240. The predicted octanol–water partition coefficient (Wildman–Crippen LogP) is 3.77. The van der Waals surface area contributed by atoms with Crippen molar-refractivity contribution in [2.24, 2.45) is 5.92 Å². The van der Waals surface area contributed by atoms with E-state index in [0.717, 1.165) is 11.3 Å². The van der Waals surface area contributed by atoms with Crippen LogP contribution in [0, 0.1) is 5.92 Å². The Morgan fingerprint density at radius 3 is 2.53 bits per heavy atom. The van der Waals surface area contributed by atoms with E-state index in [1.165, 1.54) is 0 Å². The van der Waals surface area contributed by atoms with E-state index in [-0.39, 0.29) is 17.7 Å². The number of benzene rings is 2. The van der Waals surface area contributed by atoms with Crippen LogP contribution in [0.2, 0.25) is 0 Å². The van der Waals surface area contributed by atoms with E-state index in [4.69, 9.17) is 4.74 Å². The van der Waals surface area contributed by atoms with E-state index < -0.39 is 0 Å². The van der Waals surface area contributed by atoms with Crippen LogP contribution in [-0.4, -0.2) is 46.7 Å². The van der Waals surface area contributed by atoms with E-state index in [1.54, 1.807) is 35.0 Å². The van der Waals surface area contributed by atoms with Gasteiger partial charge in [0, 0.05) is 36.8 Å². The summed E-state index contributed by atoms with van der Waals surface area (Å²) in [5.74, 6) is 0.415. The average molecular weight is 431 g/mol. The fourth-order valence-corrected chi connectivity index (χ4v) is 3.76. The van der Waals surface area contributed by atoms with Crippen LogP contribution in [0.25, 0.3) is 11.8 Å². The zero-order valence-electron chi connectivity index (χ0n) is 18.0. The molecule has 164 valence electrons. The number of carbonyl (C=O) groups excluding carboxylic acids is 2. The number of carbonyl (C=O) groups is 2. The number of rotatable bonds is 6. The van der Waals surface area contributed by atoms with Crippen molar-refractivity contribution in [1.29, 1.82) is 0 Å². The Bertz CT molecular complexity index is 1100. The molecule has 0 radical (unpaired) electrons. The van der Waals surface area contributed by atoms with Gasteiger partial charge in [0.05, 0.1) is 24.7 Å². The number of amides is 2. The van der Waals surface area contributed by atoms with Crippen molar-refractivity contribution >= 4 is 23.6 Å². The summed E-state index contributed by atoms with van der Waals surface area (Å²) < 4.78 is 7.06. The molecule has 0 aliphatic carbocycles. The number of piperidine rings is 1. The van der Waals surface area contributed by atoms with Gasteiger partial charge in [0.2, 0.25) is 11.8 Å². The van der Waals surface area contributed by atoms with Crippen molar-refractivity contribution in [2.45, 2.75) is 12.8 Å². The highest BCUT2D eigenvalue weighted by Gasteiger charge is 2.27. The third kappa shape index (κ3) is 5.06. The van der Waals surface area contributed by atoms with Crippen molar-refractivity contribution in [3.8, 4) is 11.4 Å². The Labute approximate surface area is 187 Å². The van der Waals surface area contributed by atoms with Crippen LogP contribution < -0.4 is 10.1 Å². The van der Waals surface area contributed by atoms with Crippen molar-refractivity contribution in [2.75, 3.05) is 25.5 Å². The van der Waals surface area contributed by atoms with Crippen molar-refractivity contribution in [3.63, 3.8) is 0 Å². The van der Waals surface area contributed by atoms with Gasteiger partial charge < -0.3 is 15.0 Å². The maximum absolute atomic E-state index is 12.6. The number of para-hydroxylation sites is 3. The zero-order valence-corrected chi connectivity index (χ0v) is 18.0. The molecule has 1 aliphatic rings. The molecule has 1 fully saturated rings. The van der Waals surface area contributed by atoms with E-state index in [0.29, 0.717) is 37.4 Å². The number of anilines is 1. The minimum Gasteiger partial charge on any atom is -0.495 e. The first-order chi connectivity index (χ1) is 15.6. The maximum atomic E-state index is 12.6. The zero-order chi connectivity index (χ0) is 22.3. The lowest BCUT2D eigenvalue weighted by Gasteiger charge is -2.30. The molecule has 1 N–H and O–H groups in total.